The van der Waals surface area contributed by atoms with Gasteiger partial charge in [0.15, 0.2) is 11.6 Å². The van der Waals surface area contributed by atoms with E-state index in [9.17, 15) is 14.0 Å². The van der Waals surface area contributed by atoms with Crippen molar-refractivity contribution in [1.82, 2.24) is 0 Å². The third kappa shape index (κ3) is 1.26. The van der Waals surface area contributed by atoms with Gasteiger partial charge in [0.2, 0.25) is 0 Å². The lowest BCUT2D eigenvalue weighted by Crippen LogP contribution is -2.37. The molecular weight excluding hydrogens is 235 g/mol. The second-order valence-electron chi connectivity index (χ2n) is 4.61. The largest absolute Gasteiger partial charge is 0.369 e. The predicted octanol–water partition coefficient (Wildman–Crippen LogP) is 2.01. The minimum atomic E-state index is -0.984. The Hall–Kier alpha value is -1.81. The van der Waals surface area contributed by atoms with Gasteiger partial charge >= 0.3 is 0 Å². The molecule has 0 amide bonds. The van der Waals surface area contributed by atoms with Gasteiger partial charge in [-0.1, -0.05) is 0 Å². The smallest absolute Gasteiger partial charge is 0.170 e. The molecule has 0 radical (unpaired) electrons. The van der Waals surface area contributed by atoms with Gasteiger partial charge in [-0.15, -0.1) is 0 Å². The Morgan fingerprint density at radius 1 is 1.39 bits per heavy atom. The van der Waals surface area contributed by atoms with E-state index in [1.807, 2.05) is 0 Å². The lowest BCUT2D eigenvalue weighted by molar-refractivity contribution is -0.118. The maximum absolute atomic E-state index is 13.4. The summed E-state index contributed by atoms with van der Waals surface area (Å²) in [5, 5.41) is 0. The first-order chi connectivity index (χ1) is 8.58. The fourth-order valence-corrected chi connectivity index (χ4v) is 2.88. The van der Waals surface area contributed by atoms with Crippen LogP contribution < -0.4 is 0 Å². The maximum atomic E-state index is 13.4. The number of benzene rings is 1. The van der Waals surface area contributed by atoms with Gasteiger partial charge in [-0.2, -0.15) is 0 Å². The molecule has 0 saturated carbocycles. The van der Waals surface area contributed by atoms with Crippen LogP contribution in [0.25, 0.3) is 0 Å². The van der Waals surface area contributed by atoms with Crippen LogP contribution >= 0.6 is 0 Å². The van der Waals surface area contributed by atoms with Gasteiger partial charge in [0.25, 0.3) is 0 Å². The molecule has 1 aromatic rings. The van der Waals surface area contributed by atoms with Crippen molar-refractivity contribution in [2.24, 2.45) is 5.92 Å². The molecule has 0 heterocycles. The zero-order chi connectivity index (χ0) is 12.9. The van der Waals surface area contributed by atoms with Gasteiger partial charge in [0.05, 0.1) is 5.92 Å². The Morgan fingerprint density at radius 3 is 2.89 bits per heavy atom. The average molecular weight is 246 g/mol. The molecule has 0 fully saturated rings. The number of ether oxygens (including phenoxy) is 1. The van der Waals surface area contributed by atoms with E-state index in [-0.39, 0.29) is 18.0 Å². The number of allylic oxidation sites excluding steroid dienone is 1. The zero-order valence-corrected chi connectivity index (χ0v) is 9.77. The SMILES string of the molecule is COC12C=CC(=O)CC1C(=O)c1ccc(F)cc12. The third-order valence-electron chi connectivity index (χ3n) is 3.76. The second-order valence-corrected chi connectivity index (χ2v) is 4.61. The fraction of sp³-hybridized carbons (Fsp3) is 0.286. The van der Waals surface area contributed by atoms with Crippen molar-refractivity contribution in [3.05, 3.63) is 47.3 Å². The van der Waals surface area contributed by atoms with E-state index in [2.05, 4.69) is 0 Å². The van der Waals surface area contributed by atoms with Crippen molar-refractivity contribution in [2.45, 2.75) is 12.0 Å². The molecule has 0 aliphatic heterocycles. The van der Waals surface area contributed by atoms with Crippen molar-refractivity contribution in [3.8, 4) is 0 Å². The molecule has 2 aliphatic carbocycles. The predicted molar refractivity (Wildman–Crippen MR) is 61.7 cm³/mol. The number of hydrogen-bond acceptors (Lipinski definition) is 3. The number of carbonyl (C=O) groups is 2. The minimum Gasteiger partial charge on any atom is -0.369 e. The van der Waals surface area contributed by atoms with Gasteiger partial charge in [0.1, 0.15) is 11.4 Å². The minimum absolute atomic E-state index is 0.102. The van der Waals surface area contributed by atoms with Crippen LogP contribution in [0.4, 0.5) is 4.39 Å². The van der Waals surface area contributed by atoms with Gasteiger partial charge in [-0.3, -0.25) is 9.59 Å². The first kappa shape index (κ1) is 11.3. The summed E-state index contributed by atoms with van der Waals surface area (Å²) in [6.07, 6.45) is 3.10. The molecule has 2 aliphatic rings. The van der Waals surface area contributed by atoms with Gasteiger partial charge in [0, 0.05) is 24.7 Å². The Kier molecular flexibility index (Phi) is 2.25. The van der Waals surface area contributed by atoms with Crippen LogP contribution in [-0.2, 0) is 15.1 Å². The number of ketones is 2. The lowest BCUT2D eigenvalue weighted by Gasteiger charge is -2.33. The van der Waals surface area contributed by atoms with E-state index in [0.29, 0.717) is 11.1 Å². The van der Waals surface area contributed by atoms with E-state index in [1.54, 1.807) is 6.08 Å². The normalized spacial score (nSPS) is 29.3. The molecule has 0 spiro atoms. The quantitative estimate of drug-likeness (QED) is 0.761. The van der Waals surface area contributed by atoms with Crippen molar-refractivity contribution in [2.75, 3.05) is 7.11 Å². The van der Waals surface area contributed by atoms with Crippen LogP contribution in [0.3, 0.4) is 0 Å². The van der Waals surface area contributed by atoms with Crippen LogP contribution in [0.15, 0.2) is 30.4 Å². The molecule has 2 atom stereocenters. The van der Waals surface area contributed by atoms with Crippen LogP contribution in [0.5, 0.6) is 0 Å². The number of Topliss-reactive ketones (excluding diaryl/α,β-unsaturated/α-hetero) is 1. The van der Waals surface area contributed by atoms with E-state index in [1.165, 1.54) is 31.4 Å². The molecule has 0 aromatic heterocycles. The Labute approximate surface area is 103 Å². The Balaban J connectivity index is 2.28. The van der Waals surface area contributed by atoms with E-state index in [4.69, 9.17) is 4.74 Å². The topological polar surface area (TPSA) is 43.4 Å². The molecular formula is C14H11FO3. The molecule has 3 rings (SSSR count). The number of methoxy groups -OCH3 is 1. The van der Waals surface area contributed by atoms with Crippen LogP contribution in [0.1, 0.15) is 22.3 Å². The van der Waals surface area contributed by atoms with Crippen molar-refractivity contribution >= 4 is 11.6 Å². The number of halogens is 1. The lowest BCUT2D eigenvalue weighted by atomic mass is 9.79. The van der Waals surface area contributed by atoms with Crippen molar-refractivity contribution < 1.29 is 18.7 Å². The highest BCUT2D eigenvalue weighted by Gasteiger charge is 2.53. The molecule has 0 N–H and O–H groups in total. The highest BCUT2D eigenvalue weighted by atomic mass is 19.1. The summed E-state index contributed by atoms with van der Waals surface area (Å²) in [6.45, 7) is 0. The van der Waals surface area contributed by atoms with Crippen LogP contribution in [-0.4, -0.2) is 18.7 Å². The fourth-order valence-electron chi connectivity index (χ4n) is 2.88. The Bertz CT molecular complexity index is 591. The first-order valence-electron chi connectivity index (χ1n) is 5.70. The summed E-state index contributed by atoms with van der Waals surface area (Å²) in [5.74, 6) is -1.24. The van der Waals surface area contributed by atoms with Gasteiger partial charge in [-0.05, 0) is 30.4 Å². The number of hydrogen-bond donors (Lipinski definition) is 0. The summed E-state index contributed by atoms with van der Waals surface area (Å²) >= 11 is 0. The number of rotatable bonds is 1. The standard InChI is InChI=1S/C14H11FO3/c1-18-14-5-4-9(16)7-12(14)13(17)10-3-2-8(15)6-11(10)14/h2-6,12H,7H2,1H3. The highest BCUT2D eigenvalue weighted by molar-refractivity contribution is 6.08. The van der Waals surface area contributed by atoms with Crippen LogP contribution in [0, 0.1) is 11.7 Å². The molecule has 2 unspecified atom stereocenters. The summed E-state index contributed by atoms with van der Waals surface area (Å²) in [5.41, 5.74) is -0.0195. The number of fused-ring (bicyclic) bond motifs is 3. The van der Waals surface area contributed by atoms with E-state index < -0.39 is 17.3 Å². The van der Waals surface area contributed by atoms with Gasteiger partial charge in [-0.25, -0.2) is 4.39 Å². The summed E-state index contributed by atoms with van der Waals surface area (Å²) in [6, 6.07) is 4.03. The second kappa shape index (κ2) is 3.59. The molecule has 1 aromatic carbocycles. The third-order valence-corrected chi connectivity index (χ3v) is 3.76. The maximum Gasteiger partial charge on any atom is 0.170 e. The van der Waals surface area contributed by atoms with Crippen molar-refractivity contribution in [1.29, 1.82) is 0 Å². The van der Waals surface area contributed by atoms with Crippen molar-refractivity contribution in [3.63, 3.8) is 0 Å². The van der Waals surface area contributed by atoms with Gasteiger partial charge < -0.3 is 4.74 Å². The Morgan fingerprint density at radius 2 is 2.17 bits per heavy atom. The molecule has 3 nitrogen and oxygen atoms in total. The molecule has 0 saturated heterocycles. The zero-order valence-electron chi connectivity index (χ0n) is 9.77. The summed E-state index contributed by atoms with van der Waals surface area (Å²) in [4.78, 5) is 23.7. The van der Waals surface area contributed by atoms with E-state index in [0.717, 1.165) is 0 Å². The molecule has 4 heteroatoms. The molecule has 92 valence electrons. The monoisotopic (exact) mass is 246 g/mol. The molecule has 0 bridgehead atoms. The summed E-state index contributed by atoms with van der Waals surface area (Å²) in [7, 11) is 1.47. The highest BCUT2D eigenvalue weighted by Crippen LogP contribution is 2.48. The van der Waals surface area contributed by atoms with E-state index >= 15 is 0 Å². The summed E-state index contributed by atoms with van der Waals surface area (Å²) < 4.78 is 18.8. The first-order valence-corrected chi connectivity index (χ1v) is 5.70. The van der Waals surface area contributed by atoms with Crippen LogP contribution in [0.2, 0.25) is 0 Å². The number of carbonyl (C=O) groups excluding carboxylic acids is 2. The molecule has 18 heavy (non-hydrogen) atoms. The average Bonchev–Trinajstić information content (AvgIpc) is 2.60.